The van der Waals surface area contributed by atoms with E-state index in [4.69, 9.17) is 0 Å². The first-order chi connectivity index (χ1) is 16.8. The number of carbonyl (C=O) groups is 1. The summed E-state index contributed by atoms with van der Waals surface area (Å²) in [6.07, 6.45) is 4.90. The predicted octanol–water partition coefficient (Wildman–Crippen LogP) is 5.79. The zero-order chi connectivity index (χ0) is 24.7. The number of hydrogen-bond acceptors (Lipinski definition) is 6. The number of aromatic nitrogens is 6. The average molecular weight is 619 g/mol. The minimum absolute atomic E-state index is 0.0209. The molecule has 0 spiro atoms. The first-order valence-corrected chi connectivity index (χ1v) is 13.9. The number of piperidine rings is 1. The number of carbonyl (C=O) groups excluding carboxylic acids is 1. The van der Waals surface area contributed by atoms with Crippen molar-refractivity contribution in [2.45, 2.75) is 52.6 Å². The zero-order valence-corrected chi connectivity index (χ0v) is 23.7. The van der Waals surface area contributed by atoms with Crippen LogP contribution in [0, 0.1) is 20.8 Å². The highest BCUT2D eigenvalue weighted by Gasteiger charge is 2.31. The second kappa shape index (κ2) is 9.94. The van der Waals surface area contributed by atoms with Gasteiger partial charge in [-0.2, -0.15) is 5.10 Å². The number of rotatable bonds is 5. The van der Waals surface area contributed by atoms with E-state index in [-0.39, 0.29) is 11.9 Å². The number of aryl methyl sites for hydroxylation is 2. The van der Waals surface area contributed by atoms with E-state index >= 15 is 0 Å². The molecule has 1 unspecified atom stereocenters. The van der Waals surface area contributed by atoms with Gasteiger partial charge in [0, 0.05) is 12.1 Å². The maximum absolute atomic E-state index is 13.5. The predicted molar refractivity (Wildman–Crippen MR) is 142 cm³/mol. The molecule has 1 amide bonds. The molecular weight excluding hydrogens is 594 g/mol. The Bertz CT molecular complexity index is 1380. The van der Waals surface area contributed by atoms with E-state index in [0.29, 0.717) is 18.7 Å². The molecule has 4 aromatic rings. The van der Waals surface area contributed by atoms with Crippen molar-refractivity contribution in [1.29, 1.82) is 0 Å². The molecule has 1 aliphatic rings. The minimum atomic E-state index is -0.0778. The number of likely N-dealkylation sites (tertiary alicyclic amines) is 1. The Morgan fingerprint density at radius 3 is 2.54 bits per heavy atom. The van der Waals surface area contributed by atoms with E-state index in [0.717, 1.165) is 61.0 Å². The maximum atomic E-state index is 13.5. The number of thiazole rings is 1. The number of amides is 1. The SMILES string of the molecule is Cc1nc(Br)sc1Cn1cc(C2CCCCN2C(=O)c2ccc(-n3nc(C)c(Br)c3C)cc2)nn1. The molecule has 1 atom stereocenters. The Balaban J connectivity index is 1.35. The Labute approximate surface area is 224 Å². The van der Waals surface area contributed by atoms with Crippen LogP contribution in [0.5, 0.6) is 0 Å². The lowest BCUT2D eigenvalue weighted by Crippen LogP contribution is -2.38. The highest BCUT2D eigenvalue weighted by molar-refractivity contribution is 9.11. The summed E-state index contributed by atoms with van der Waals surface area (Å²) in [5.41, 5.74) is 5.38. The maximum Gasteiger partial charge on any atom is 0.254 e. The molecule has 11 heteroatoms. The summed E-state index contributed by atoms with van der Waals surface area (Å²) in [6.45, 7) is 7.31. The van der Waals surface area contributed by atoms with Crippen LogP contribution >= 0.6 is 43.2 Å². The Morgan fingerprint density at radius 2 is 1.89 bits per heavy atom. The van der Waals surface area contributed by atoms with Gasteiger partial charge in [0.15, 0.2) is 3.92 Å². The first kappa shape index (κ1) is 24.3. The van der Waals surface area contributed by atoms with Crippen LogP contribution in [0.2, 0.25) is 0 Å². The van der Waals surface area contributed by atoms with Crippen LogP contribution in [0.4, 0.5) is 0 Å². The van der Waals surface area contributed by atoms with Crippen LogP contribution in [-0.4, -0.2) is 47.1 Å². The Morgan fingerprint density at radius 1 is 1.11 bits per heavy atom. The molecule has 1 aromatic carbocycles. The lowest BCUT2D eigenvalue weighted by Gasteiger charge is -2.34. The van der Waals surface area contributed by atoms with E-state index < -0.39 is 0 Å². The number of benzene rings is 1. The lowest BCUT2D eigenvalue weighted by molar-refractivity contribution is 0.0606. The van der Waals surface area contributed by atoms with Gasteiger partial charge >= 0.3 is 0 Å². The van der Waals surface area contributed by atoms with Gasteiger partial charge in [0.1, 0.15) is 5.69 Å². The van der Waals surface area contributed by atoms with Crippen molar-refractivity contribution in [1.82, 2.24) is 34.7 Å². The molecule has 8 nitrogen and oxygen atoms in total. The van der Waals surface area contributed by atoms with Crippen molar-refractivity contribution in [3.63, 3.8) is 0 Å². The molecule has 0 N–H and O–H groups in total. The molecule has 0 radical (unpaired) electrons. The summed E-state index contributed by atoms with van der Waals surface area (Å²) in [7, 11) is 0. The molecule has 1 aliphatic heterocycles. The molecule has 182 valence electrons. The third-order valence-corrected chi connectivity index (χ3v) is 9.14. The molecule has 5 rings (SSSR count). The van der Waals surface area contributed by atoms with E-state index in [1.165, 1.54) is 0 Å². The molecule has 3 aromatic heterocycles. The monoisotopic (exact) mass is 617 g/mol. The summed E-state index contributed by atoms with van der Waals surface area (Å²) < 4.78 is 5.59. The third-order valence-electron chi connectivity index (χ3n) is 6.40. The van der Waals surface area contributed by atoms with Gasteiger partial charge < -0.3 is 4.90 Å². The summed E-state index contributed by atoms with van der Waals surface area (Å²) >= 11 is 8.63. The van der Waals surface area contributed by atoms with Gasteiger partial charge in [0.05, 0.1) is 50.9 Å². The largest absolute Gasteiger partial charge is 0.330 e. The zero-order valence-electron chi connectivity index (χ0n) is 19.7. The quantitative estimate of drug-likeness (QED) is 0.283. The van der Waals surface area contributed by atoms with E-state index in [1.54, 1.807) is 11.3 Å². The number of halogens is 2. The molecule has 4 heterocycles. The smallest absolute Gasteiger partial charge is 0.254 e. The van der Waals surface area contributed by atoms with Crippen LogP contribution in [0.15, 0.2) is 38.9 Å². The second-order valence-corrected chi connectivity index (χ2v) is 11.9. The molecule has 1 fully saturated rings. The fourth-order valence-electron chi connectivity index (χ4n) is 4.50. The lowest BCUT2D eigenvalue weighted by atomic mass is 9.98. The van der Waals surface area contributed by atoms with E-state index in [9.17, 15) is 4.79 Å². The average Bonchev–Trinajstić information content (AvgIpc) is 3.53. The third kappa shape index (κ3) is 4.85. The topological polar surface area (TPSA) is 81.7 Å². The fourth-order valence-corrected chi connectivity index (χ4v) is 6.37. The van der Waals surface area contributed by atoms with Gasteiger partial charge in [-0.25, -0.2) is 14.3 Å². The van der Waals surface area contributed by atoms with Crippen molar-refractivity contribution >= 4 is 49.1 Å². The molecule has 0 aliphatic carbocycles. The van der Waals surface area contributed by atoms with Gasteiger partial charge in [-0.1, -0.05) is 5.21 Å². The van der Waals surface area contributed by atoms with Gasteiger partial charge in [-0.05, 0) is 96.2 Å². The van der Waals surface area contributed by atoms with Crippen LogP contribution in [0.25, 0.3) is 5.69 Å². The highest BCUT2D eigenvalue weighted by Crippen LogP contribution is 2.32. The van der Waals surface area contributed by atoms with Crippen molar-refractivity contribution in [3.8, 4) is 5.69 Å². The van der Waals surface area contributed by atoms with Crippen LogP contribution in [0.1, 0.15) is 63.3 Å². The number of nitrogens with zero attached hydrogens (tertiary/aromatic N) is 7. The molecule has 0 bridgehead atoms. The van der Waals surface area contributed by atoms with Crippen molar-refractivity contribution in [2.24, 2.45) is 0 Å². The van der Waals surface area contributed by atoms with E-state index in [2.05, 4.69) is 52.3 Å². The van der Waals surface area contributed by atoms with Crippen molar-refractivity contribution in [3.05, 3.63) is 72.1 Å². The van der Waals surface area contributed by atoms with Gasteiger partial charge in [-0.15, -0.1) is 16.4 Å². The van der Waals surface area contributed by atoms with Gasteiger partial charge in [0.25, 0.3) is 5.91 Å². The molecule has 35 heavy (non-hydrogen) atoms. The molecular formula is C24H25Br2N7OS. The second-order valence-electron chi connectivity index (χ2n) is 8.77. The molecule has 1 saturated heterocycles. The van der Waals surface area contributed by atoms with Crippen molar-refractivity contribution in [2.75, 3.05) is 6.54 Å². The highest BCUT2D eigenvalue weighted by atomic mass is 79.9. The van der Waals surface area contributed by atoms with Crippen LogP contribution < -0.4 is 0 Å². The van der Waals surface area contributed by atoms with E-state index in [1.807, 2.05) is 65.5 Å². The standard InChI is InChI=1S/C24H25Br2N7OS/c1-14-21(35-24(26)27-14)13-31-12-19(28-30-31)20-6-4-5-11-32(20)23(34)17-7-9-18(10-8-17)33-16(3)22(25)15(2)29-33/h7-10,12,20H,4-6,11,13H2,1-3H3. The fraction of sp³-hybridized carbons (Fsp3) is 0.375. The number of hydrogen-bond donors (Lipinski definition) is 0. The summed E-state index contributed by atoms with van der Waals surface area (Å²) in [5.74, 6) is 0.0209. The summed E-state index contributed by atoms with van der Waals surface area (Å²) in [6, 6.07) is 7.59. The summed E-state index contributed by atoms with van der Waals surface area (Å²) in [4.78, 5) is 21.0. The normalized spacial score (nSPS) is 16.1. The Hall–Kier alpha value is -2.37. The van der Waals surface area contributed by atoms with Crippen LogP contribution in [0.3, 0.4) is 0 Å². The first-order valence-electron chi connectivity index (χ1n) is 11.5. The summed E-state index contributed by atoms with van der Waals surface area (Å²) in [5, 5.41) is 13.4. The van der Waals surface area contributed by atoms with Gasteiger partial charge in [-0.3, -0.25) is 4.79 Å². The van der Waals surface area contributed by atoms with Crippen molar-refractivity contribution < 1.29 is 4.79 Å². The molecule has 0 saturated carbocycles. The Kier molecular flexibility index (Phi) is 6.91. The van der Waals surface area contributed by atoms with Gasteiger partial charge in [0.2, 0.25) is 0 Å². The van der Waals surface area contributed by atoms with Crippen LogP contribution in [-0.2, 0) is 6.54 Å². The minimum Gasteiger partial charge on any atom is -0.330 e.